The van der Waals surface area contributed by atoms with Crippen molar-refractivity contribution in [2.75, 3.05) is 11.9 Å². The van der Waals surface area contributed by atoms with Crippen molar-refractivity contribution in [2.45, 2.75) is 38.3 Å². The highest BCUT2D eigenvalue weighted by atomic mass is 32.1. The number of anilines is 1. The summed E-state index contributed by atoms with van der Waals surface area (Å²) in [5.74, 6) is 0. The highest BCUT2D eigenvalue weighted by Gasteiger charge is 2.28. The van der Waals surface area contributed by atoms with E-state index < -0.39 is 0 Å². The zero-order valence-corrected chi connectivity index (χ0v) is 11.6. The van der Waals surface area contributed by atoms with Gasteiger partial charge in [0.05, 0.1) is 21.3 Å². The van der Waals surface area contributed by atoms with Gasteiger partial charge in [0.25, 0.3) is 0 Å². The summed E-state index contributed by atoms with van der Waals surface area (Å²) in [7, 11) is 0. The van der Waals surface area contributed by atoms with E-state index in [4.69, 9.17) is 4.74 Å². The summed E-state index contributed by atoms with van der Waals surface area (Å²) in [5, 5.41) is 3.62. The van der Waals surface area contributed by atoms with Gasteiger partial charge in [0.15, 0.2) is 0 Å². The summed E-state index contributed by atoms with van der Waals surface area (Å²) in [6.07, 6.45) is 2.12. The van der Waals surface area contributed by atoms with Gasteiger partial charge >= 0.3 is 0 Å². The SMILES string of the molecule is CC1(C)CC(Nc2ccc3ncsc3c2)CCO1. The van der Waals surface area contributed by atoms with Crippen molar-refractivity contribution < 1.29 is 4.74 Å². The minimum atomic E-state index is -0.00942. The molecule has 0 radical (unpaired) electrons. The third kappa shape index (κ3) is 2.49. The van der Waals surface area contributed by atoms with Crippen molar-refractivity contribution in [3.05, 3.63) is 23.7 Å². The molecule has 2 heterocycles. The Morgan fingerprint density at radius 1 is 1.44 bits per heavy atom. The maximum Gasteiger partial charge on any atom is 0.0813 e. The van der Waals surface area contributed by atoms with Crippen LogP contribution in [0.4, 0.5) is 5.69 Å². The van der Waals surface area contributed by atoms with Gasteiger partial charge in [0, 0.05) is 18.3 Å². The third-order valence-corrected chi connectivity index (χ3v) is 4.19. The molecule has 0 saturated carbocycles. The summed E-state index contributed by atoms with van der Waals surface area (Å²) in [6.45, 7) is 5.16. The quantitative estimate of drug-likeness (QED) is 0.896. The van der Waals surface area contributed by atoms with E-state index in [1.165, 1.54) is 10.4 Å². The molecule has 3 rings (SSSR count). The predicted molar refractivity (Wildman–Crippen MR) is 76.3 cm³/mol. The molecule has 1 atom stereocenters. The Hall–Kier alpha value is -1.13. The maximum absolute atomic E-state index is 5.74. The van der Waals surface area contributed by atoms with Crippen molar-refractivity contribution in [2.24, 2.45) is 0 Å². The van der Waals surface area contributed by atoms with Gasteiger partial charge in [-0.05, 0) is 44.9 Å². The number of nitrogens with one attached hydrogen (secondary N) is 1. The van der Waals surface area contributed by atoms with Crippen LogP contribution in [0.3, 0.4) is 0 Å². The Morgan fingerprint density at radius 3 is 3.17 bits per heavy atom. The monoisotopic (exact) mass is 262 g/mol. The first-order chi connectivity index (χ1) is 8.62. The average Bonchev–Trinajstić information content (AvgIpc) is 2.74. The lowest BCUT2D eigenvalue weighted by Crippen LogP contribution is -2.40. The highest BCUT2D eigenvalue weighted by Crippen LogP contribution is 2.28. The van der Waals surface area contributed by atoms with Gasteiger partial charge in [-0.1, -0.05) is 0 Å². The van der Waals surface area contributed by atoms with Crippen LogP contribution in [-0.2, 0) is 4.74 Å². The molecular weight excluding hydrogens is 244 g/mol. The molecular formula is C14H18N2OS. The molecule has 1 aromatic heterocycles. The molecule has 1 aromatic carbocycles. The van der Waals surface area contributed by atoms with Crippen LogP contribution >= 0.6 is 11.3 Å². The Balaban J connectivity index is 1.75. The fourth-order valence-corrected chi connectivity index (χ4v) is 3.25. The van der Waals surface area contributed by atoms with E-state index in [1.807, 2.05) is 5.51 Å². The molecule has 0 spiro atoms. The van der Waals surface area contributed by atoms with E-state index in [0.29, 0.717) is 6.04 Å². The van der Waals surface area contributed by atoms with Crippen molar-refractivity contribution in [1.82, 2.24) is 4.98 Å². The second-order valence-electron chi connectivity index (χ2n) is 5.48. The number of benzene rings is 1. The minimum absolute atomic E-state index is 0.00942. The molecule has 1 N–H and O–H groups in total. The lowest BCUT2D eigenvalue weighted by atomic mass is 9.94. The first-order valence-electron chi connectivity index (χ1n) is 6.36. The third-order valence-electron chi connectivity index (χ3n) is 3.40. The van der Waals surface area contributed by atoms with Crippen LogP contribution in [0.5, 0.6) is 0 Å². The Bertz CT molecular complexity index is 549. The topological polar surface area (TPSA) is 34.2 Å². The van der Waals surface area contributed by atoms with Gasteiger partial charge in [-0.15, -0.1) is 11.3 Å². The summed E-state index contributed by atoms with van der Waals surface area (Å²) >= 11 is 1.69. The van der Waals surface area contributed by atoms with Crippen LogP contribution in [0.1, 0.15) is 26.7 Å². The maximum atomic E-state index is 5.74. The van der Waals surface area contributed by atoms with Crippen LogP contribution in [0, 0.1) is 0 Å². The van der Waals surface area contributed by atoms with Crippen LogP contribution < -0.4 is 5.32 Å². The second-order valence-corrected chi connectivity index (χ2v) is 6.36. The lowest BCUT2D eigenvalue weighted by molar-refractivity contribution is -0.0553. The minimum Gasteiger partial charge on any atom is -0.382 e. The number of hydrogen-bond donors (Lipinski definition) is 1. The number of aromatic nitrogens is 1. The Morgan fingerprint density at radius 2 is 2.33 bits per heavy atom. The molecule has 1 unspecified atom stereocenters. The lowest BCUT2D eigenvalue weighted by Gasteiger charge is -2.36. The van der Waals surface area contributed by atoms with Crippen LogP contribution in [0.15, 0.2) is 23.7 Å². The average molecular weight is 262 g/mol. The summed E-state index contributed by atoms with van der Waals surface area (Å²) in [6, 6.07) is 6.89. The molecule has 1 aliphatic heterocycles. The van der Waals surface area contributed by atoms with Crippen molar-refractivity contribution in [3.63, 3.8) is 0 Å². The van der Waals surface area contributed by atoms with Gasteiger partial charge in [-0.25, -0.2) is 4.98 Å². The van der Waals surface area contributed by atoms with E-state index in [9.17, 15) is 0 Å². The van der Waals surface area contributed by atoms with Crippen LogP contribution in [-0.4, -0.2) is 23.2 Å². The van der Waals surface area contributed by atoms with E-state index in [-0.39, 0.29) is 5.60 Å². The first kappa shape index (κ1) is 11.9. The molecule has 1 fully saturated rings. The standard InChI is InChI=1S/C14H18N2OS/c1-14(2)8-11(5-6-17-14)16-10-3-4-12-13(7-10)18-9-15-12/h3-4,7,9,11,16H,5-6,8H2,1-2H3. The molecule has 3 nitrogen and oxygen atoms in total. The number of rotatable bonds is 2. The zero-order valence-electron chi connectivity index (χ0n) is 10.8. The van der Waals surface area contributed by atoms with Gasteiger partial charge < -0.3 is 10.1 Å². The molecule has 18 heavy (non-hydrogen) atoms. The number of hydrogen-bond acceptors (Lipinski definition) is 4. The normalized spacial score (nSPS) is 23.1. The summed E-state index contributed by atoms with van der Waals surface area (Å²) in [5.41, 5.74) is 4.16. The highest BCUT2D eigenvalue weighted by molar-refractivity contribution is 7.16. The molecule has 0 amide bonds. The number of fused-ring (bicyclic) bond motifs is 1. The molecule has 1 aliphatic rings. The van der Waals surface area contributed by atoms with Gasteiger partial charge in [0.1, 0.15) is 0 Å². The summed E-state index contributed by atoms with van der Waals surface area (Å²) < 4.78 is 6.99. The van der Waals surface area contributed by atoms with Crippen molar-refractivity contribution in [3.8, 4) is 0 Å². The van der Waals surface area contributed by atoms with Crippen molar-refractivity contribution >= 4 is 27.2 Å². The van der Waals surface area contributed by atoms with Gasteiger partial charge in [-0.3, -0.25) is 0 Å². The van der Waals surface area contributed by atoms with Crippen molar-refractivity contribution in [1.29, 1.82) is 0 Å². The molecule has 1 saturated heterocycles. The summed E-state index contributed by atoms with van der Waals surface area (Å²) in [4.78, 5) is 4.30. The Labute approximate surface area is 111 Å². The second kappa shape index (κ2) is 4.52. The Kier molecular flexibility index (Phi) is 2.99. The van der Waals surface area contributed by atoms with E-state index in [1.54, 1.807) is 11.3 Å². The smallest absolute Gasteiger partial charge is 0.0813 e. The fraction of sp³-hybridized carbons (Fsp3) is 0.500. The van der Waals surface area contributed by atoms with Crippen LogP contribution in [0.25, 0.3) is 10.2 Å². The number of nitrogens with zero attached hydrogens (tertiary/aromatic N) is 1. The molecule has 0 aliphatic carbocycles. The van der Waals surface area contributed by atoms with Gasteiger partial charge in [0.2, 0.25) is 0 Å². The molecule has 0 bridgehead atoms. The van der Waals surface area contributed by atoms with Gasteiger partial charge in [-0.2, -0.15) is 0 Å². The van der Waals surface area contributed by atoms with Crippen LogP contribution in [0.2, 0.25) is 0 Å². The first-order valence-corrected chi connectivity index (χ1v) is 7.24. The zero-order chi connectivity index (χ0) is 12.6. The molecule has 4 heteroatoms. The molecule has 2 aromatic rings. The fourth-order valence-electron chi connectivity index (χ4n) is 2.54. The largest absolute Gasteiger partial charge is 0.382 e. The number of ether oxygens (including phenoxy) is 1. The van der Waals surface area contributed by atoms with E-state index in [2.05, 4.69) is 42.3 Å². The van der Waals surface area contributed by atoms with E-state index >= 15 is 0 Å². The number of thiazole rings is 1. The van der Waals surface area contributed by atoms with E-state index in [0.717, 1.165) is 25.0 Å². The molecule has 96 valence electrons. The predicted octanol–water partition coefficient (Wildman–Crippen LogP) is 3.67.